The molecular formula is C11H15ClN4O2. The summed E-state index contributed by atoms with van der Waals surface area (Å²) in [6, 6.07) is 0.174. The fourth-order valence-corrected chi connectivity index (χ4v) is 2.42. The van der Waals surface area contributed by atoms with E-state index < -0.39 is 0 Å². The Morgan fingerprint density at radius 3 is 3.00 bits per heavy atom. The largest absolute Gasteiger partial charge is 0.369 e. The van der Waals surface area contributed by atoms with Crippen molar-refractivity contribution in [2.75, 3.05) is 11.4 Å². The quantitative estimate of drug-likeness (QED) is 0.819. The van der Waals surface area contributed by atoms with Crippen LogP contribution in [0.5, 0.6) is 0 Å². The lowest BCUT2D eigenvalue weighted by Crippen LogP contribution is -2.46. The molecule has 1 saturated heterocycles. The van der Waals surface area contributed by atoms with Gasteiger partial charge in [0.2, 0.25) is 5.91 Å². The number of rotatable bonds is 2. The molecule has 0 aromatic carbocycles. The summed E-state index contributed by atoms with van der Waals surface area (Å²) in [6.07, 6.45) is 2.89. The van der Waals surface area contributed by atoms with Crippen LogP contribution in [0.15, 0.2) is 11.1 Å². The van der Waals surface area contributed by atoms with Crippen molar-refractivity contribution in [3.63, 3.8) is 0 Å². The van der Waals surface area contributed by atoms with Crippen molar-refractivity contribution < 1.29 is 4.79 Å². The number of aromatic amines is 1. The summed E-state index contributed by atoms with van der Waals surface area (Å²) in [5.74, 6) is -0.134. The summed E-state index contributed by atoms with van der Waals surface area (Å²) in [4.78, 5) is 31.1. The van der Waals surface area contributed by atoms with E-state index in [1.165, 1.54) is 6.33 Å². The fourth-order valence-electron chi connectivity index (χ4n) is 2.21. The third-order valence-electron chi connectivity index (χ3n) is 3.33. The van der Waals surface area contributed by atoms with E-state index in [9.17, 15) is 9.59 Å². The second-order valence-electron chi connectivity index (χ2n) is 4.55. The van der Waals surface area contributed by atoms with Crippen LogP contribution in [0.2, 0.25) is 5.02 Å². The molecule has 98 valence electrons. The number of nitrogens with two attached hydrogens (primary N) is 1. The Morgan fingerprint density at radius 1 is 1.61 bits per heavy atom. The lowest BCUT2D eigenvalue weighted by molar-refractivity contribution is -0.122. The van der Waals surface area contributed by atoms with Gasteiger partial charge in [-0.15, -0.1) is 0 Å². The van der Waals surface area contributed by atoms with Gasteiger partial charge in [0, 0.05) is 12.6 Å². The number of H-pyrrole nitrogens is 1. The van der Waals surface area contributed by atoms with E-state index >= 15 is 0 Å². The Balaban J connectivity index is 2.32. The second kappa shape index (κ2) is 4.97. The number of hydrogen-bond acceptors (Lipinski definition) is 4. The summed E-state index contributed by atoms with van der Waals surface area (Å²) >= 11 is 5.96. The van der Waals surface area contributed by atoms with Crippen LogP contribution in [0, 0.1) is 5.92 Å². The Bertz CT molecular complexity index is 516. The molecule has 1 aromatic rings. The van der Waals surface area contributed by atoms with Crippen LogP contribution in [0.3, 0.4) is 0 Å². The molecule has 2 rings (SSSR count). The van der Waals surface area contributed by atoms with E-state index in [1.54, 1.807) is 0 Å². The first-order valence-corrected chi connectivity index (χ1v) is 6.17. The molecule has 1 fully saturated rings. The number of halogens is 1. The normalized spacial score (nSPS) is 24.0. The van der Waals surface area contributed by atoms with Crippen molar-refractivity contribution in [1.29, 1.82) is 0 Å². The van der Waals surface area contributed by atoms with Gasteiger partial charge < -0.3 is 15.6 Å². The van der Waals surface area contributed by atoms with Crippen LogP contribution in [-0.4, -0.2) is 28.5 Å². The maximum absolute atomic E-state index is 11.5. The van der Waals surface area contributed by atoms with Gasteiger partial charge in [0.1, 0.15) is 5.02 Å². The van der Waals surface area contributed by atoms with Crippen LogP contribution < -0.4 is 16.2 Å². The monoisotopic (exact) mass is 270 g/mol. The number of nitrogens with zero attached hydrogens (tertiary/aromatic N) is 2. The second-order valence-corrected chi connectivity index (χ2v) is 4.93. The number of nitrogens with one attached hydrogen (secondary N) is 1. The number of carbonyl (C=O) groups excluding carboxylic acids is 1. The highest BCUT2D eigenvalue weighted by atomic mass is 35.5. The zero-order chi connectivity index (χ0) is 13.3. The fraction of sp³-hybridized carbons (Fsp3) is 0.545. The van der Waals surface area contributed by atoms with Crippen molar-refractivity contribution in [2.45, 2.75) is 25.8 Å². The first-order chi connectivity index (χ1) is 8.50. The van der Waals surface area contributed by atoms with Gasteiger partial charge in [0.15, 0.2) is 5.82 Å². The number of primary amides is 1. The minimum atomic E-state index is -0.380. The lowest BCUT2D eigenvalue weighted by atomic mass is 9.93. The minimum Gasteiger partial charge on any atom is -0.369 e. The molecule has 6 nitrogen and oxygen atoms in total. The van der Waals surface area contributed by atoms with Crippen molar-refractivity contribution in [3.8, 4) is 0 Å². The van der Waals surface area contributed by atoms with Gasteiger partial charge >= 0.3 is 0 Å². The third kappa shape index (κ3) is 2.33. The molecule has 1 aliphatic rings. The van der Waals surface area contributed by atoms with Gasteiger partial charge in [-0.1, -0.05) is 11.6 Å². The van der Waals surface area contributed by atoms with E-state index in [1.807, 2.05) is 11.8 Å². The highest BCUT2D eigenvalue weighted by molar-refractivity contribution is 6.32. The Morgan fingerprint density at radius 2 is 2.33 bits per heavy atom. The molecule has 0 saturated carbocycles. The molecular weight excluding hydrogens is 256 g/mol. The van der Waals surface area contributed by atoms with Crippen molar-refractivity contribution >= 4 is 23.3 Å². The van der Waals surface area contributed by atoms with Gasteiger partial charge in [0.05, 0.1) is 12.2 Å². The van der Waals surface area contributed by atoms with E-state index in [2.05, 4.69) is 9.97 Å². The van der Waals surface area contributed by atoms with Crippen LogP contribution >= 0.6 is 11.6 Å². The van der Waals surface area contributed by atoms with Crippen LogP contribution in [0.4, 0.5) is 5.82 Å². The molecule has 2 heterocycles. The molecule has 0 radical (unpaired) electrons. The molecule has 1 amide bonds. The Labute approximate surface area is 109 Å². The number of piperidine rings is 1. The smallest absolute Gasteiger partial charge is 0.271 e. The van der Waals surface area contributed by atoms with Crippen LogP contribution in [0.25, 0.3) is 0 Å². The zero-order valence-electron chi connectivity index (χ0n) is 10.0. The SMILES string of the molecule is CC1CCC(C(N)=O)CN1c1nc[nH]c(=O)c1Cl. The molecule has 0 aliphatic carbocycles. The lowest BCUT2D eigenvalue weighted by Gasteiger charge is -2.37. The summed E-state index contributed by atoms with van der Waals surface area (Å²) in [7, 11) is 0. The summed E-state index contributed by atoms with van der Waals surface area (Å²) in [5, 5.41) is 0.0504. The minimum absolute atomic E-state index is 0.0504. The standard InChI is InChI=1S/C11H15ClN4O2/c1-6-2-3-7(9(13)17)4-16(6)10-8(12)11(18)15-5-14-10/h5-7H,2-4H2,1H3,(H2,13,17)(H,14,15,18). The third-order valence-corrected chi connectivity index (χ3v) is 3.68. The number of anilines is 1. The van der Waals surface area contributed by atoms with E-state index in [4.69, 9.17) is 17.3 Å². The number of amides is 1. The van der Waals surface area contributed by atoms with Crippen LogP contribution in [-0.2, 0) is 4.79 Å². The average molecular weight is 271 g/mol. The van der Waals surface area contributed by atoms with Gasteiger partial charge in [-0.05, 0) is 19.8 Å². The first kappa shape index (κ1) is 12.9. The topological polar surface area (TPSA) is 92.1 Å². The highest BCUT2D eigenvalue weighted by Gasteiger charge is 2.30. The molecule has 0 spiro atoms. The molecule has 1 aromatic heterocycles. The molecule has 2 atom stereocenters. The molecule has 0 bridgehead atoms. The van der Waals surface area contributed by atoms with Gasteiger partial charge in [0.25, 0.3) is 5.56 Å². The van der Waals surface area contributed by atoms with E-state index in [-0.39, 0.29) is 28.4 Å². The Hall–Kier alpha value is -1.56. The number of aromatic nitrogens is 2. The van der Waals surface area contributed by atoms with Gasteiger partial charge in [-0.25, -0.2) is 4.98 Å². The number of hydrogen-bond donors (Lipinski definition) is 2. The summed E-state index contributed by atoms with van der Waals surface area (Å²) in [6.45, 7) is 2.46. The van der Waals surface area contributed by atoms with Crippen molar-refractivity contribution in [2.24, 2.45) is 11.7 Å². The molecule has 18 heavy (non-hydrogen) atoms. The predicted molar refractivity (Wildman–Crippen MR) is 68.6 cm³/mol. The maximum Gasteiger partial charge on any atom is 0.271 e. The van der Waals surface area contributed by atoms with Crippen molar-refractivity contribution in [3.05, 3.63) is 21.7 Å². The van der Waals surface area contributed by atoms with Crippen LogP contribution in [0.1, 0.15) is 19.8 Å². The Kier molecular flexibility index (Phi) is 3.56. The zero-order valence-corrected chi connectivity index (χ0v) is 10.8. The van der Waals surface area contributed by atoms with Gasteiger partial charge in [-0.2, -0.15) is 0 Å². The summed E-state index contributed by atoms with van der Waals surface area (Å²) in [5.41, 5.74) is 4.95. The average Bonchev–Trinajstić information content (AvgIpc) is 2.33. The van der Waals surface area contributed by atoms with E-state index in [0.29, 0.717) is 12.4 Å². The summed E-state index contributed by atoms with van der Waals surface area (Å²) < 4.78 is 0. The molecule has 3 N–H and O–H groups in total. The highest BCUT2D eigenvalue weighted by Crippen LogP contribution is 2.28. The first-order valence-electron chi connectivity index (χ1n) is 5.80. The van der Waals surface area contributed by atoms with Gasteiger partial charge in [-0.3, -0.25) is 9.59 Å². The van der Waals surface area contributed by atoms with E-state index in [0.717, 1.165) is 12.8 Å². The number of carbonyl (C=O) groups is 1. The molecule has 7 heteroatoms. The molecule has 1 aliphatic heterocycles. The predicted octanol–water partition coefficient (Wildman–Crippen LogP) is 0.514. The van der Waals surface area contributed by atoms with Crippen molar-refractivity contribution in [1.82, 2.24) is 9.97 Å². The molecule has 2 unspecified atom stereocenters. The maximum atomic E-state index is 11.5.